The van der Waals surface area contributed by atoms with Gasteiger partial charge in [0.05, 0.1) is 19.3 Å². The van der Waals surface area contributed by atoms with Crippen LogP contribution < -0.4 is 10.1 Å². The van der Waals surface area contributed by atoms with Crippen molar-refractivity contribution in [3.8, 4) is 5.75 Å². The van der Waals surface area contributed by atoms with E-state index in [-0.39, 0.29) is 4.90 Å². The van der Waals surface area contributed by atoms with Gasteiger partial charge in [0.2, 0.25) is 10.0 Å². The molecule has 1 N–H and O–H groups in total. The highest BCUT2D eigenvalue weighted by Gasteiger charge is 2.29. The summed E-state index contributed by atoms with van der Waals surface area (Å²) in [4.78, 5) is 16.0. The largest absolute Gasteiger partial charge is 0.495 e. The molecule has 29 heavy (non-hydrogen) atoms. The lowest BCUT2D eigenvalue weighted by Crippen LogP contribution is -2.35. The molecular weight excluding hydrogens is 394 g/mol. The van der Waals surface area contributed by atoms with Crippen LogP contribution in [0.25, 0.3) is 0 Å². The third-order valence-electron chi connectivity index (χ3n) is 4.64. The quantitative estimate of drug-likeness (QED) is 0.688. The van der Waals surface area contributed by atoms with Crippen molar-refractivity contribution >= 4 is 27.5 Å². The third kappa shape index (κ3) is 4.86. The predicted molar refractivity (Wildman–Crippen MR) is 109 cm³/mol. The number of methoxy groups -OCH3 is 1. The van der Waals surface area contributed by atoms with Crippen molar-refractivity contribution in [3.05, 3.63) is 42.1 Å². The van der Waals surface area contributed by atoms with Crippen LogP contribution in [0, 0.1) is 0 Å². The minimum absolute atomic E-state index is 0.120. The lowest BCUT2D eigenvalue weighted by Gasteiger charge is -2.26. The second-order valence-electron chi connectivity index (χ2n) is 6.61. The number of hydrogen-bond donors (Lipinski definition) is 1. The van der Waals surface area contributed by atoms with E-state index in [1.54, 1.807) is 37.3 Å². The molecular formula is C20H25N3O5S. The van der Waals surface area contributed by atoms with Gasteiger partial charge in [0.1, 0.15) is 16.5 Å². The van der Waals surface area contributed by atoms with Crippen molar-refractivity contribution in [1.82, 2.24) is 9.29 Å². The number of anilines is 2. The number of rotatable bonds is 7. The van der Waals surface area contributed by atoms with Crippen molar-refractivity contribution < 1.29 is 22.7 Å². The Morgan fingerprint density at radius 2 is 1.93 bits per heavy atom. The minimum atomic E-state index is -3.66. The summed E-state index contributed by atoms with van der Waals surface area (Å²) in [5.74, 6) is 0.335. The lowest BCUT2D eigenvalue weighted by atomic mass is 10.2. The van der Waals surface area contributed by atoms with Gasteiger partial charge in [0, 0.05) is 25.0 Å². The molecule has 2 aromatic rings. The van der Waals surface area contributed by atoms with Gasteiger partial charge in [-0.3, -0.25) is 0 Å². The summed E-state index contributed by atoms with van der Waals surface area (Å²) in [5, 5.41) is 3.07. The van der Waals surface area contributed by atoms with Crippen LogP contribution in [-0.2, 0) is 14.8 Å². The number of ether oxygens (including phenoxy) is 2. The van der Waals surface area contributed by atoms with E-state index in [1.807, 2.05) is 0 Å². The Hall–Kier alpha value is -2.65. The van der Waals surface area contributed by atoms with Crippen molar-refractivity contribution in [2.24, 2.45) is 0 Å². The van der Waals surface area contributed by atoms with E-state index < -0.39 is 16.0 Å². The molecule has 9 heteroatoms. The summed E-state index contributed by atoms with van der Waals surface area (Å²) in [6, 6.07) is 8.11. The first kappa shape index (κ1) is 21.1. The van der Waals surface area contributed by atoms with Gasteiger partial charge in [-0.1, -0.05) is 6.42 Å². The zero-order valence-corrected chi connectivity index (χ0v) is 17.4. The predicted octanol–water partition coefficient (Wildman–Crippen LogP) is 3.19. The zero-order chi connectivity index (χ0) is 20.9. The van der Waals surface area contributed by atoms with E-state index in [0.717, 1.165) is 19.3 Å². The molecule has 0 aliphatic carbocycles. The number of pyridine rings is 1. The van der Waals surface area contributed by atoms with Crippen LogP contribution in [-0.4, -0.2) is 50.5 Å². The van der Waals surface area contributed by atoms with Crippen LogP contribution in [0.1, 0.15) is 36.5 Å². The van der Waals surface area contributed by atoms with Gasteiger partial charge in [-0.05, 0) is 50.1 Å². The van der Waals surface area contributed by atoms with Crippen molar-refractivity contribution in [3.63, 3.8) is 0 Å². The summed E-state index contributed by atoms with van der Waals surface area (Å²) in [6.07, 6.45) is 4.17. The highest BCUT2D eigenvalue weighted by atomic mass is 32.2. The molecule has 1 aliphatic rings. The van der Waals surface area contributed by atoms with Crippen LogP contribution in [0.3, 0.4) is 0 Å². The fraction of sp³-hybridized carbons (Fsp3) is 0.400. The first-order valence-electron chi connectivity index (χ1n) is 9.54. The highest BCUT2D eigenvalue weighted by molar-refractivity contribution is 7.89. The fourth-order valence-electron chi connectivity index (χ4n) is 3.15. The number of nitrogens with one attached hydrogen (secondary N) is 1. The number of sulfonamides is 1. The molecule has 0 saturated carbocycles. The van der Waals surface area contributed by atoms with E-state index in [9.17, 15) is 13.2 Å². The Labute approximate surface area is 170 Å². The van der Waals surface area contributed by atoms with Crippen LogP contribution in [0.4, 0.5) is 11.5 Å². The molecule has 0 unspecified atom stereocenters. The van der Waals surface area contributed by atoms with E-state index in [4.69, 9.17) is 9.47 Å². The molecule has 1 aromatic heterocycles. The Morgan fingerprint density at radius 1 is 1.17 bits per heavy atom. The molecule has 0 radical (unpaired) electrons. The second-order valence-corrected chi connectivity index (χ2v) is 8.51. The van der Waals surface area contributed by atoms with Crippen LogP contribution in [0.5, 0.6) is 5.75 Å². The molecule has 3 rings (SSSR count). The topological polar surface area (TPSA) is 97.8 Å². The van der Waals surface area contributed by atoms with Gasteiger partial charge < -0.3 is 14.8 Å². The molecule has 1 aromatic carbocycles. The molecule has 0 amide bonds. The molecule has 2 heterocycles. The van der Waals surface area contributed by atoms with Crippen molar-refractivity contribution in [1.29, 1.82) is 0 Å². The monoisotopic (exact) mass is 419 g/mol. The SMILES string of the molecule is CCOC(=O)c1ccc(Nc2ccc(OC)c(S(=O)(=O)N3CCCCC3)c2)nc1. The molecule has 8 nitrogen and oxygen atoms in total. The smallest absolute Gasteiger partial charge is 0.339 e. The average Bonchev–Trinajstić information content (AvgIpc) is 2.75. The van der Waals surface area contributed by atoms with Gasteiger partial charge >= 0.3 is 5.97 Å². The van der Waals surface area contributed by atoms with Gasteiger partial charge in [-0.25, -0.2) is 18.2 Å². The molecule has 0 atom stereocenters. The zero-order valence-electron chi connectivity index (χ0n) is 16.6. The van der Waals surface area contributed by atoms with E-state index in [1.165, 1.54) is 17.6 Å². The third-order valence-corrected chi connectivity index (χ3v) is 6.56. The highest BCUT2D eigenvalue weighted by Crippen LogP contribution is 2.32. The summed E-state index contributed by atoms with van der Waals surface area (Å²) in [6.45, 7) is 3.06. The molecule has 156 valence electrons. The number of hydrogen-bond acceptors (Lipinski definition) is 7. The maximum absolute atomic E-state index is 13.1. The van der Waals surface area contributed by atoms with Gasteiger partial charge in [0.15, 0.2) is 0 Å². The average molecular weight is 420 g/mol. The number of nitrogens with zero attached hydrogens (tertiary/aromatic N) is 2. The Balaban J connectivity index is 1.84. The fourth-order valence-corrected chi connectivity index (χ4v) is 4.85. The number of aromatic nitrogens is 1. The molecule has 1 fully saturated rings. The van der Waals surface area contributed by atoms with Gasteiger partial charge in [-0.15, -0.1) is 0 Å². The second kappa shape index (κ2) is 9.23. The maximum atomic E-state index is 13.1. The molecule has 0 bridgehead atoms. The van der Waals surface area contributed by atoms with Gasteiger partial charge in [-0.2, -0.15) is 4.31 Å². The van der Waals surface area contributed by atoms with E-state index in [0.29, 0.717) is 42.5 Å². The van der Waals surface area contributed by atoms with Crippen LogP contribution >= 0.6 is 0 Å². The molecule has 1 saturated heterocycles. The summed E-state index contributed by atoms with van der Waals surface area (Å²) in [5.41, 5.74) is 0.901. The number of carbonyl (C=O) groups excluding carboxylic acids is 1. The lowest BCUT2D eigenvalue weighted by molar-refractivity contribution is 0.0526. The molecule has 0 spiro atoms. The summed E-state index contributed by atoms with van der Waals surface area (Å²) in [7, 11) is -2.21. The number of carbonyl (C=O) groups is 1. The van der Waals surface area contributed by atoms with Crippen molar-refractivity contribution in [2.75, 3.05) is 32.1 Å². The number of benzene rings is 1. The van der Waals surface area contributed by atoms with E-state index in [2.05, 4.69) is 10.3 Å². The Morgan fingerprint density at radius 3 is 2.55 bits per heavy atom. The Bertz CT molecular complexity index is 955. The Kier molecular flexibility index (Phi) is 6.71. The standard InChI is InChI=1S/C20H25N3O5S/c1-3-28-20(24)15-7-10-19(21-14-15)22-16-8-9-17(27-2)18(13-16)29(25,26)23-11-5-4-6-12-23/h7-10,13-14H,3-6,11-12H2,1-2H3,(H,21,22). The first-order chi connectivity index (χ1) is 14.0. The summed E-state index contributed by atoms with van der Waals surface area (Å²) >= 11 is 0. The first-order valence-corrected chi connectivity index (χ1v) is 11.0. The minimum Gasteiger partial charge on any atom is -0.495 e. The maximum Gasteiger partial charge on any atom is 0.339 e. The van der Waals surface area contributed by atoms with Crippen molar-refractivity contribution in [2.45, 2.75) is 31.1 Å². The van der Waals surface area contributed by atoms with Crippen LogP contribution in [0.15, 0.2) is 41.4 Å². The normalized spacial score (nSPS) is 15.0. The number of piperidine rings is 1. The van der Waals surface area contributed by atoms with Crippen LogP contribution in [0.2, 0.25) is 0 Å². The number of esters is 1. The van der Waals surface area contributed by atoms with E-state index >= 15 is 0 Å². The van der Waals surface area contributed by atoms with Gasteiger partial charge in [0.25, 0.3) is 0 Å². The summed E-state index contributed by atoms with van der Waals surface area (Å²) < 4.78 is 37.9. The molecule has 1 aliphatic heterocycles.